The van der Waals surface area contributed by atoms with Crippen molar-refractivity contribution in [1.82, 2.24) is 20.5 Å². The third kappa shape index (κ3) is 8.41. The first-order chi connectivity index (χ1) is 14.5. The largest absolute Gasteiger partial charge is 0.487 e. The molecule has 1 heterocycles. The minimum Gasteiger partial charge on any atom is -0.487 e. The zero-order valence-corrected chi connectivity index (χ0v) is 19.1. The molecule has 0 aliphatic carbocycles. The van der Waals surface area contributed by atoms with Crippen LogP contribution in [0.2, 0.25) is 0 Å². The highest BCUT2D eigenvalue weighted by Gasteiger charge is 2.12. The molecule has 164 valence electrons. The summed E-state index contributed by atoms with van der Waals surface area (Å²) in [6.45, 7) is 14.8. The van der Waals surface area contributed by atoms with Crippen LogP contribution in [0.3, 0.4) is 0 Å². The zero-order valence-electron chi connectivity index (χ0n) is 19.1. The third-order valence-electron chi connectivity index (χ3n) is 4.76. The minimum absolute atomic E-state index is 0.458. The zero-order chi connectivity index (χ0) is 21.8. The van der Waals surface area contributed by atoms with Crippen molar-refractivity contribution < 1.29 is 4.74 Å². The van der Waals surface area contributed by atoms with Gasteiger partial charge >= 0.3 is 0 Å². The summed E-state index contributed by atoms with van der Waals surface area (Å²) in [7, 11) is 0. The Kier molecular flexibility index (Phi) is 10.1. The van der Waals surface area contributed by atoms with Gasteiger partial charge in [0.2, 0.25) is 0 Å². The molecule has 0 spiro atoms. The second-order valence-electron chi connectivity index (χ2n) is 7.80. The van der Waals surface area contributed by atoms with Gasteiger partial charge in [-0.1, -0.05) is 18.2 Å². The summed E-state index contributed by atoms with van der Waals surface area (Å²) in [5, 5.41) is 6.78. The van der Waals surface area contributed by atoms with Crippen molar-refractivity contribution in [2.75, 3.05) is 19.6 Å². The lowest BCUT2D eigenvalue weighted by Gasteiger charge is -2.30. The number of benzene rings is 1. The van der Waals surface area contributed by atoms with Crippen LogP contribution in [-0.2, 0) is 13.2 Å². The van der Waals surface area contributed by atoms with Gasteiger partial charge in [-0.25, -0.2) is 4.99 Å². The quantitative estimate of drug-likeness (QED) is 0.435. The highest BCUT2D eigenvalue weighted by atomic mass is 16.5. The molecule has 6 nitrogen and oxygen atoms in total. The van der Waals surface area contributed by atoms with Crippen molar-refractivity contribution in [2.24, 2.45) is 4.99 Å². The van der Waals surface area contributed by atoms with Crippen LogP contribution in [0.25, 0.3) is 0 Å². The van der Waals surface area contributed by atoms with Gasteiger partial charge in [0.05, 0.1) is 12.2 Å². The molecule has 0 aliphatic rings. The Morgan fingerprint density at radius 3 is 2.53 bits per heavy atom. The standard InChI is InChI=1S/C24H37N5O/c1-6-25-24(27-14-15-29(19(2)3)20(4)5)28-17-21-10-9-12-23(16-21)30-18-22-11-7-8-13-26-22/h7-13,16,19-20H,6,14-15,17-18H2,1-5H3,(H2,25,27,28). The van der Waals surface area contributed by atoms with E-state index in [-0.39, 0.29) is 0 Å². The predicted octanol–water partition coefficient (Wildman–Crippen LogP) is 3.83. The van der Waals surface area contributed by atoms with Gasteiger partial charge in [0.15, 0.2) is 5.96 Å². The molecule has 0 radical (unpaired) electrons. The fraction of sp³-hybridized carbons (Fsp3) is 0.500. The Morgan fingerprint density at radius 1 is 1.07 bits per heavy atom. The van der Waals surface area contributed by atoms with Crippen molar-refractivity contribution >= 4 is 5.96 Å². The van der Waals surface area contributed by atoms with E-state index in [1.54, 1.807) is 6.20 Å². The molecule has 2 rings (SSSR count). The maximum Gasteiger partial charge on any atom is 0.191 e. The van der Waals surface area contributed by atoms with Crippen LogP contribution in [0, 0.1) is 0 Å². The summed E-state index contributed by atoms with van der Waals surface area (Å²) in [5.41, 5.74) is 2.02. The summed E-state index contributed by atoms with van der Waals surface area (Å²) in [6.07, 6.45) is 1.78. The number of hydrogen-bond acceptors (Lipinski definition) is 4. The van der Waals surface area contributed by atoms with Crippen LogP contribution < -0.4 is 15.4 Å². The van der Waals surface area contributed by atoms with Crippen LogP contribution in [0.5, 0.6) is 5.75 Å². The van der Waals surface area contributed by atoms with E-state index in [4.69, 9.17) is 9.73 Å². The number of aromatic nitrogens is 1. The highest BCUT2D eigenvalue weighted by molar-refractivity contribution is 5.79. The van der Waals surface area contributed by atoms with Gasteiger partial charge in [-0.2, -0.15) is 0 Å². The van der Waals surface area contributed by atoms with Gasteiger partial charge in [0.25, 0.3) is 0 Å². The number of hydrogen-bond donors (Lipinski definition) is 2. The van der Waals surface area contributed by atoms with Gasteiger partial charge in [0, 0.05) is 37.9 Å². The molecule has 0 saturated heterocycles. The molecular weight excluding hydrogens is 374 g/mol. The molecule has 6 heteroatoms. The van der Waals surface area contributed by atoms with Crippen LogP contribution in [0.15, 0.2) is 53.7 Å². The minimum atomic E-state index is 0.458. The molecule has 2 aromatic rings. The molecule has 0 unspecified atom stereocenters. The summed E-state index contributed by atoms with van der Waals surface area (Å²) in [4.78, 5) is 11.5. The van der Waals surface area contributed by atoms with Crippen molar-refractivity contribution in [2.45, 2.75) is 59.9 Å². The molecule has 0 bridgehead atoms. The average molecular weight is 412 g/mol. The molecule has 2 N–H and O–H groups in total. The Bertz CT molecular complexity index is 753. The number of ether oxygens (including phenoxy) is 1. The first-order valence-electron chi connectivity index (χ1n) is 10.9. The molecule has 0 atom stereocenters. The molecular formula is C24H37N5O. The van der Waals surface area contributed by atoms with Crippen LogP contribution in [-0.4, -0.2) is 47.6 Å². The Labute approximate surface area is 181 Å². The Balaban J connectivity index is 1.90. The number of pyridine rings is 1. The summed E-state index contributed by atoms with van der Waals surface area (Å²) in [5.74, 6) is 1.67. The van der Waals surface area contributed by atoms with E-state index < -0.39 is 0 Å². The molecule has 0 aliphatic heterocycles. The SMILES string of the molecule is CCNC(=NCc1cccc(OCc2ccccn2)c1)NCCN(C(C)C)C(C)C. The van der Waals surface area contributed by atoms with Crippen LogP contribution in [0.1, 0.15) is 45.9 Å². The molecule has 0 saturated carbocycles. The van der Waals surface area contributed by atoms with Gasteiger partial charge in [-0.15, -0.1) is 0 Å². The van der Waals surface area contributed by atoms with E-state index in [1.807, 2.05) is 36.4 Å². The van der Waals surface area contributed by atoms with Crippen molar-refractivity contribution in [3.63, 3.8) is 0 Å². The van der Waals surface area contributed by atoms with Gasteiger partial charge in [-0.3, -0.25) is 9.88 Å². The lowest BCUT2D eigenvalue weighted by Crippen LogP contribution is -2.45. The monoisotopic (exact) mass is 411 g/mol. The van der Waals surface area contributed by atoms with E-state index in [2.05, 4.69) is 61.2 Å². The maximum atomic E-state index is 5.88. The fourth-order valence-corrected chi connectivity index (χ4v) is 3.30. The summed E-state index contributed by atoms with van der Waals surface area (Å²) >= 11 is 0. The molecule has 0 amide bonds. The molecule has 0 fully saturated rings. The number of nitrogens with zero attached hydrogens (tertiary/aromatic N) is 3. The Morgan fingerprint density at radius 2 is 1.87 bits per heavy atom. The molecule has 30 heavy (non-hydrogen) atoms. The highest BCUT2D eigenvalue weighted by Crippen LogP contribution is 2.15. The average Bonchev–Trinajstić information content (AvgIpc) is 2.74. The first-order valence-corrected chi connectivity index (χ1v) is 10.9. The fourth-order valence-electron chi connectivity index (χ4n) is 3.30. The third-order valence-corrected chi connectivity index (χ3v) is 4.76. The van der Waals surface area contributed by atoms with E-state index in [0.717, 1.165) is 42.6 Å². The number of aliphatic imine (C=N–C) groups is 1. The van der Waals surface area contributed by atoms with E-state index in [0.29, 0.717) is 25.2 Å². The summed E-state index contributed by atoms with van der Waals surface area (Å²) < 4.78 is 5.88. The second-order valence-corrected chi connectivity index (χ2v) is 7.80. The second kappa shape index (κ2) is 12.9. The van der Waals surface area contributed by atoms with E-state index in [1.165, 1.54) is 0 Å². The number of guanidine groups is 1. The molecule has 1 aromatic heterocycles. The van der Waals surface area contributed by atoms with Crippen molar-refractivity contribution in [1.29, 1.82) is 0 Å². The summed E-state index contributed by atoms with van der Waals surface area (Å²) in [6, 6.07) is 15.0. The number of rotatable bonds is 11. The Hall–Kier alpha value is -2.60. The smallest absolute Gasteiger partial charge is 0.191 e. The van der Waals surface area contributed by atoms with Crippen LogP contribution >= 0.6 is 0 Å². The maximum absolute atomic E-state index is 5.88. The topological polar surface area (TPSA) is 61.8 Å². The lowest BCUT2D eigenvalue weighted by molar-refractivity contribution is 0.178. The van der Waals surface area contributed by atoms with Gasteiger partial charge in [0.1, 0.15) is 12.4 Å². The van der Waals surface area contributed by atoms with E-state index in [9.17, 15) is 0 Å². The van der Waals surface area contributed by atoms with Crippen molar-refractivity contribution in [3.8, 4) is 5.75 Å². The number of nitrogens with one attached hydrogen (secondary N) is 2. The van der Waals surface area contributed by atoms with E-state index >= 15 is 0 Å². The van der Waals surface area contributed by atoms with Gasteiger partial charge in [-0.05, 0) is 64.4 Å². The van der Waals surface area contributed by atoms with Gasteiger partial charge < -0.3 is 15.4 Å². The lowest BCUT2D eigenvalue weighted by atomic mass is 10.2. The van der Waals surface area contributed by atoms with Crippen LogP contribution in [0.4, 0.5) is 0 Å². The normalized spacial score (nSPS) is 11.9. The predicted molar refractivity (Wildman–Crippen MR) is 125 cm³/mol. The first kappa shape index (κ1) is 23.7. The van der Waals surface area contributed by atoms with Crippen molar-refractivity contribution in [3.05, 3.63) is 59.9 Å². The molecule has 1 aromatic carbocycles.